The number of anilines is 1. The van der Waals surface area contributed by atoms with Crippen LogP contribution in [-0.2, 0) is 17.6 Å². The number of carbonyl (C=O) groups excluding carboxylic acids is 1. The number of benzene rings is 1. The van der Waals surface area contributed by atoms with Gasteiger partial charge in [-0.2, -0.15) is 0 Å². The monoisotopic (exact) mass is 250 g/mol. The van der Waals surface area contributed by atoms with Crippen molar-refractivity contribution >= 4 is 22.3 Å². The average molecular weight is 250 g/mol. The van der Waals surface area contributed by atoms with Crippen molar-refractivity contribution in [3.05, 3.63) is 46.7 Å². The molecule has 0 atom stereocenters. The molecule has 2 N–H and O–H groups in total. The van der Waals surface area contributed by atoms with Crippen LogP contribution in [0.5, 0.6) is 0 Å². The molecule has 2 rings (SSSR count). The molecule has 1 aromatic carbocycles. The SMILES string of the molecule is Nc1nc(CC(=O)Cc2ccc(F)cc2)cs1. The average Bonchev–Trinajstić information content (AvgIpc) is 2.67. The number of Topliss-reactive ketones (excluding diaryl/α,β-unsaturated/α-hetero) is 1. The number of aromatic nitrogens is 1. The lowest BCUT2D eigenvalue weighted by Gasteiger charge is -1.99. The van der Waals surface area contributed by atoms with Crippen LogP contribution < -0.4 is 5.73 Å². The fraction of sp³-hybridized carbons (Fsp3) is 0.167. The molecule has 0 saturated carbocycles. The Morgan fingerprint density at radius 2 is 2.00 bits per heavy atom. The molecule has 0 radical (unpaired) electrons. The van der Waals surface area contributed by atoms with Gasteiger partial charge in [0.15, 0.2) is 5.13 Å². The third-order valence-electron chi connectivity index (χ3n) is 2.26. The largest absolute Gasteiger partial charge is 0.375 e. The molecule has 1 aromatic heterocycles. The third kappa shape index (κ3) is 3.35. The Balaban J connectivity index is 1.95. The maximum absolute atomic E-state index is 12.7. The number of rotatable bonds is 4. The van der Waals surface area contributed by atoms with Gasteiger partial charge in [0, 0.05) is 18.2 Å². The number of hydrogen-bond donors (Lipinski definition) is 1. The van der Waals surface area contributed by atoms with Crippen molar-refractivity contribution in [3.8, 4) is 0 Å². The van der Waals surface area contributed by atoms with Gasteiger partial charge in [-0.15, -0.1) is 11.3 Å². The fourth-order valence-corrected chi connectivity index (χ4v) is 2.06. The van der Waals surface area contributed by atoms with Gasteiger partial charge >= 0.3 is 0 Å². The van der Waals surface area contributed by atoms with Gasteiger partial charge in [0.1, 0.15) is 11.6 Å². The van der Waals surface area contributed by atoms with Gasteiger partial charge in [-0.05, 0) is 17.7 Å². The zero-order chi connectivity index (χ0) is 12.3. The summed E-state index contributed by atoms with van der Waals surface area (Å²) in [6.07, 6.45) is 0.558. The second-order valence-electron chi connectivity index (χ2n) is 3.70. The molecule has 0 aliphatic heterocycles. The molecule has 1 heterocycles. The van der Waals surface area contributed by atoms with Crippen LogP contribution in [0, 0.1) is 5.82 Å². The molecule has 0 bridgehead atoms. The summed E-state index contributed by atoms with van der Waals surface area (Å²) < 4.78 is 12.7. The Bertz CT molecular complexity index is 522. The second-order valence-corrected chi connectivity index (χ2v) is 4.59. The standard InChI is InChI=1S/C12H11FN2OS/c13-9-3-1-8(2-4-9)5-11(16)6-10-7-17-12(14)15-10/h1-4,7H,5-6H2,(H2,14,15). The van der Waals surface area contributed by atoms with E-state index in [-0.39, 0.29) is 24.4 Å². The lowest BCUT2D eigenvalue weighted by atomic mass is 10.1. The van der Waals surface area contributed by atoms with Crippen molar-refractivity contribution in [2.45, 2.75) is 12.8 Å². The predicted octanol–water partition coefficient (Wildman–Crippen LogP) is 2.22. The maximum Gasteiger partial charge on any atom is 0.180 e. The third-order valence-corrected chi connectivity index (χ3v) is 2.99. The smallest absolute Gasteiger partial charge is 0.180 e. The van der Waals surface area contributed by atoms with Crippen molar-refractivity contribution in [3.63, 3.8) is 0 Å². The molecule has 17 heavy (non-hydrogen) atoms. The number of nitrogen functional groups attached to an aromatic ring is 1. The minimum absolute atomic E-state index is 0.0434. The minimum atomic E-state index is -0.298. The van der Waals surface area contributed by atoms with E-state index in [2.05, 4.69) is 4.98 Å². The van der Waals surface area contributed by atoms with Crippen molar-refractivity contribution in [2.75, 3.05) is 5.73 Å². The summed E-state index contributed by atoms with van der Waals surface area (Å²) in [5.41, 5.74) is 6.98. The van der Waals surface area contributed by atoms with Gasteiger partial charge in [0.25, 0.3) is 0 Å². The normalized spacial score (nSPS) is 10.4. The van der Waals surface area contributed by atoms with Crippen LogP contribution >= 0.6 is 11.3 Å². The van der Waals surface area contributed by atoms with E-state index in [1.165, 1.54) is 23.5 Å². The number of hydrogen-bond acceptors (Lipinski definition) is 4. The summed E-state index contributed by atoms with van der Waals surface area (Å²) in [6.45, 7) is 0. The van der Waals surface area contributed by atoms with Crippen molar-refractivity contribution in [1.82, 2.24) is 4.98 Å². The molecular formula is C12H11FN2OS. The van der Waals surface area contributed by atoms with E-state index in [0.29, 0.717) is 10.8 Å². The molecule has 0 unspecified atom stereocenters. The van der Waals surface area contributed by atoms with E-state index in [0.717, 1.165) is 5.56 Å². The summed E-state index contributed by atoms with van der Waals surface area (Å²) in [7, 11) is 0. The first-order chi connectivity index (χ1) is 8.13. The van der Waals surface area contributed by atoms with Crippen LogP contribution in [0.15, 0.2) is 29.6 Å². The Labute approximate surface area is 102 Å². The molecule has 5 heteroatoms. The van der Waals surface area contributed by atoms with Crippen molar-refractivity contribution in [1.29, 1.82) is 0 Å². The summed E-state index contributed by atoms with van der Waals surface area (Å²) >= 11 is 1.32. The number of nitrogens with zero attached hydrogens (tertiary/aromatic N) is 1. The van der Waals surface area contributed by atoms with E-state index in [4.69, 9.17) is 5.73 Å². The highest BCUT2D eigenvalue weighted by atomic mass is 32.1. The van der Waals surface area contributed by atoms with Crippen LogP contribution in [0.4, 0.5) is 9.52 Å². The Hall–Kier alpha value is -1.75. The maximum atomic E-state index is 12.7. The highest BCUT2D eigenvalue weighted by molar-refractivity contribution is 7.13. The van der Waals surface area contributed by atoms with E-state index >= 15 is 0 Å². The van der Waals surface area contributed by atoms with Crippen LogP contribution in [-0.4, -0.2) is 10.8 Å². The van der Waals surface area contributed by atoms with E-state index < -0.39 is 0 Å². The summed E-state index contributed by atoms with van der Waals surface area (Å²) in [6, 6.07) is 5.93. The zero-order valence-corrected chi connectivity index (χ0v) is 9.84. The lowest BCUT2D eigenvalue weighted by molar-refractivity contribution is -0.117. The quantitative estimate of drug-likeness (QED) is 0.905. The Morgan fingerprint density at radius 1 is 1.29 bits per heavy atom. The first-order valence-corrected chi connectivity index (χ1v) is 5.97. The predicted molar refractivity (Wildman–Crippen MR) is 65.3 cm³/mol. The van der Waals surface area contributed by atoms with Crippen LogP contribution in [0.1, 0.15) is 11.3 Å². The van der Waals surface area contributed by atoms with Gasteiger partial charge in [-0.3, -0.25) is 4.79 Å². The highest BCUT2D eigenvalue weighted by Gasteiger charge is 2.08. The first-order valence-electron chi connectivity index (χ1n) is 5.09. The van der Waals surface area contributed by atoms with Gasteiger partial charge in [-0.1, -0.05) is 12.1 Å². The van der Waals surface area contributed by atoms with Crippen LogP contribution in [0.3, 0.4) is 0 Å². The summed E-state index contributed by atoms with van der Waals surface area (Å²) in [4.78, 5) is 15.7. The summed E-state index contributed by atoms with van der Waals surface area (Å²) in [5, 5.41) is 2.24. The molecule has 2 aromatic rings. The van der Waals surface area contributed by atoms with Crippen LogP contribution in [0.2, 0.25) is 0 Å². The van der Waals surface area contributed by atoms with E-state index in [1.54, 1.807) is 17.5 Å². The van der Waals surface area contributed by atoms with Gasteiger partial charge < -0.3 is 5.73 Å². The molecule has 0 aliphatic rings. The topological polar surface area (TPSA) is 56.0 Å². The lowest BCUT2D eigenvalue weighted by Crippen LogP contribution is -2.07. The number of thiazole rings is 1. The van der Waals surface area contributed by atoms with E-state index in [1.807, 2.05) is 0 Å². The van der Waals surface area contributed by atoms with Crippen molar-refractivity contribution < 1.29 is 9.18 Å². The van der Waals surface area contributed by atoms with Gasteiger partial charge in [0.2, 0.25) is 0 Å². The number of halogens is 1. The molecule has 0 aliphatic carbocycles. The number of carbonyl (C=O) groups is 1. The zero-order valence-electron chi connectivity index (χ0n) is 9.02. The van der Waals surface area contributed by atoms with Gasteiger partial charge in [0.05, 0.1) is 5.69 Å². The fourth-order valence-electron chi connectivity index (χ4n) is 1.50. The molecule has 3 nitrogen and oxygen atoms in total. The first kappa shape index (κ1) is 11.7. The Kier molecular flexibility index (Phi) is 3.49. The Morgan fingerprint density at radius 3 is 2.59 bits per heavy atom. The highest BCUT2D eigenvalue weighted by Crippen LogP contribution is 2.12. The molecule has 0 saturated heterocycles. The second kappa shape index (κ2) is 5.05. The molecule has 0 fully saturated rings. The minimum Gasteiger partial charge on any atom is -0.375 e. The van der Waals surface area contributed by atoms with Gasteiger partial charge in [-0.25, -0.2) is 9.37 Å². The number of ketones is 1. The molecular weight excluding hydrogens is 239 g/mol. The van der Waals surface area contributed by atoms with E-state index in [9.17, 15) is 9.18 Å². The summed E-state index contributed by atoms with van der Waals surface area (Å²) in [5.74, 6) is -0.254. The molecule has 0 spiro atoms. The molecule has 88 valence electrons. The van der Waals surface area contributed by atoms with Crippen LogP contribution in [0.25, 0.3) is 0 Å². The number of nitrogens with two attached hydrogens (primary N) is 1. The van der Waals surface area contributed by atoms with Crippen molar-refractivity contribution in [2.24, 2.45) is 0 Å². The molecule has 0 amide bonds.